The number of carbonyl (C=O) groups is 2. The zero-order valence-corrected chi connectivity index (χ0v) is 15.0. The summed E-state index contributed by atoms with van der Waals surface area (Å²) in [5.41, 5.74) is 1.28. The molecule has 136 valence electrons. The predicted octanol–water partition coefficient (Wildman–Crippen LogP) is 1.82. The number of piperazine rings is 1. The predicted molar refractivity (Wildman–Crippen MR) is 98.2 cm³/mol. The van der Waals surface area contributed by atoms with Crippen molar-refractivity contribution in [3.05, 3.63) is 35.9 Å². The number of nitrogens with one attached hydrogen (secondary N) is 1. The second-order valence-corrected chi connectivity index (χ2v) is 7.10. The topological polar surface area (TPSA) is 52.7 Å². The lowest BCUT2D eigenvalue weighted by molar-refractivity contribution is -0.139. The lowest BCUT2D eigenvalue weighted by Crippen LogP contribution is -2.51. The van der Waals surface area contributed by atoms with Crippen molar-refractivity contribution >= 4 is 11.8 Å². The van der Waals surface area contributed by atoms with Gasteiger partial charge in [0.2, 0.25) is 11.8 Å². The standard InChI is InChI=1S/C20H29N3O2/c24-19(10-4-8-17-6-2-1-3-7-17)22-12-14-23(15-13-22)20(25)16-18-9-5-11-21-18/h1-3,6-7,18,21H,4-5,8-16H2. The van der Waals surface area contributed by atoms with Gasteiger partial charge in [-0.05, 0) is 37.8 Å². The van der Waals surface area contributed by atoms with E-state index in [9.17, 15) is 9.59 Å². The number of hydrogen-bond acceptors (Lipinski definition) is 3. The van der Waals surface area contributed by atoms with Gasteiger partial charge in [0.05, 0.1) is 0 Å². The minimum absolute atomic E-state index is 0.223. The Hall–Kier alpha value is -1.88. The molecule has 0 aromatic heterocycles. The fourth-order valence-corrected chi connectivity index (χ4v) is 3.72. The van der Waals surface area contributed by atoms with Crippen LogP contribution < -0.4 is 5.32 Å². The van der Waals surface area contributed by atoms with Crippen LogP contribution in [0.1, 0.15) is 37.7 Å². The zero-order chi connectivity index (χ0) is 17.5. The molecule has 0 spiro atoms. The molecule has 2 heterocycles. The first-order valence-electron chi connectivity index (χ1n) is 9.55. The molecule has 0 aliphatic carbocycles. The molecule has 0 saturated carbocycles. The molecule has 0 bridgehead atoms. The third-order valence-electron chi connectivity index (χ3n) is 5.27. The van der Waals surface area contributed by atoms with Gasteiger partial charge >= 0.3 is 0 Å². The molecule has 2 fully saturated rings. The minimum Gasteiger partial charge on any atom is -0.339 e. The van der Waals surface area contributed by atoms with Gasteiger partial charge < -0.3 is 15.1 Å². The van der Waals surface area contributed by atoms with Gasteiger partial charge in [-0.1, -0.05) is 30.3 Å². The summed E-state index contributed by atoms with van der Waals surface area (Å²) in [5.74, 6) is 0.455. The highest BCUT2D eigenvalue weighted by molar-refractivity contribution is 5.78. The normalized spacial score (nSPS) is 20.7. The maximum Gasteiger partial charge on any atom is 0.224 e. The fraction of sp³-hybridized carbons (Fsp3) is 0.600. The number of benzene rings is 1. The number of carbonyl (C=O) groups excluding carboxylic acids is 2. The molecule has 1 N–H and O–H groups in total. The van der Waals surface area contributed by atoms with Crippen LogP contribution in [0.2, 0.25) is 0 Å². The molecule has 1 atom stereocenters. The van der Waals surface area contributed by atoms with Gasteiger partial charge in [0, 0.05) is 45.1 Å². The largest absolute Gasteiger partial charge is 0.339 e. The van der Waals surface area contributed by atoms with Crippen LogP contribution in [-0.4, -0.2) is 60.4 Å². The van der Waals surface area contributed by atoms with E-state index >= 15 is 0 Å². The molecule has 0 radical (unpaired) electrons. The van der Waals surface area contributed by atoms with E-state index in [2.05, 4.69) is 17.4 Å². The molecule has 1 aromatic carbocycles. The maximum absolute atomic E-state index is 12.4. The van der Waals surface area contributed by atoms with Crippen LogP contribution in [0.4, 0.5) is 0 Å². The minimum atomic E-state index is 0.223. The maximum atomic E-state index is 12.4. The molecule has 5 heteroatoms. The van der Waals surface area contributed by atoms with E-state index in [1.807, 2.05) is 28.0 Å². The van der Waals surface area contributed by atoms with Crippen LogP contribution in [0.25, 0.3) is 0 Å². The van der Waals surface area contributed by atoms with Gasteiger partial charge in [-0.2, -0.15) is 0 Å². The van der Waals surface area contributed by atoms with Crippen molar-refractivity contribution in [2.75, 3.05) is 32.7 Å². The summed E-state index contributed by atoms with van der Waals surface area (Å²) in [6, 6.07) is 10.6. The Morgan fingerprint density at radius 2 is 1.68 bits per heavy atom. The van der Waals surface area contributed by atoms with Gasteiger partial charge in [0.25, 0.3) is 0 Å². The average molecular weight is 343 g/mol. The van der Waals surface area contributed by atoms with Crippen LogP contribution in [0.15, 0.2) is 30.3 Å². The van der Waals surface area contributed by atoms with Crippen molar-refractivity contribution in [2.45, 2.75) is 44.6 Å². The van der Waals surface area contributed by atoms with Crippen LogP contribution in [0.5, 0.6) is 0 Å². The average Bonchev–Trinajstić information content (AvgIpc) is 3.15. The van der Waals surface area contributed by atoms with Crippen LogP contribution in [-0.2, 0) is 16.0 Å². The summed E-state index contributed by atoms with van der Waals surface area (Å²) >= 11 is 0. The van der Waals surface area contributed by atoms with Gasteiger partial charge in [-0.3, -0.25) is 9.59 Å². The van der Waals surface area contributed by atoms with E-state index in [1.165, 1.54) is 12.0 Å². The first-order chi connectivity index (χ1) is 12.2. The molecule has 2 aliphatic rings. The Balaban J connectivity index is 1.35. The van der Waals surface area contributed by atoms with Crippen LogP contribution in [0, 0.1) is 0 Å². The van der Waals surface area contributed by atoms with Crippen molar-refractivity contribution in [3.63, 3.8) is 0 Å². The monoisotopic (exact) mass is 343 g/mol. The SMILES string of the molecule is O=C(CCCc1ccccc1)N1CCN(C(=O)CC2CCCN2)CC1. The van der Waals surface area contributed by atoms with Crippen LogP contribution >= 0.6 is 0 Å². The number of rotatable bonds is 6. The summed E-state index contributed by atoms with van der Waals surface area (Å²) in [5, 5.41) is 3.38. The molecule has 2 amide bonds. The quantitative estimate of drug-likeness (QED) is 0.857. The van der Waals surface area contributed by atoms with Crippen molar-refractivity contribution in [3.8, 4) is 0 Å². The highest BCUT2D eigenvalue weighted by Crippen LogP contribution is 2.13. The van der Waals surface area contributed by atoms with E-state index < -0.39 is 0 Å². The van der Waals surface area contributed by atoms with Crippen LogP contribution in [0.3, 0.4) is 0 Å². The molecule has 1 unspecified atom stereocenters. The Bertz CT molecular complexity index is 562. The van der Waals surface area contributed by atoms with E-state index in [-0.39, 0.29) is 11.8 Å². The zero-order valence-electron chi connectivity index (χ0n) is 15.0. The summed E-state index contributed by atoms with van der Waals surface area (Å²) in [6.07, 6.45) is 5.30. The van der Waals surface area contributed by atoms with E-state index in [4.69, 9.17) is 0 Å². The Morgan fingerprint density at radius 1 is 1.00 bits per heavy atom. The molecule has 25 heavy (non-hydrogen) atoms. The van der Waals surface area contributed by atoms with Crippen molar-refractivity contribution in [1.82, 2.24) is 15.1 Å². The third kappa shape index (κ3) is 5.30. The van der Waals surface area contributed by atoms with Gasteiger partial charge in [-0.25, -0.2) is 0 Å². The first-order valence-corrected chi connectivity index (χ1v) is 9.55. The Labute approximate surface area is 150 Å². The molecule has 2 saturated heterocycles. The smallest absolute Gasteiger partial charge is 0.224 e. The Kier molecular flexibility index (Phi) is 6.45. The molecule has 5 nitrogen and oxygen atoms in total. The van der Waals surface area contributed by atoms with E-state index in [0.717, 1.165) is 25.8 Å². The highest BCUT2D eigenvalue weighted by atomic mass is 16.2. The van der Waals surface area contributed by atoms with E-state index in [1.54, 1.807) is 0 Å². The van der Waals surface area contributed by atoms with Crippen molar-refractivity contribution < 1.29 is 9.59 Å². The van der Waals surface area contributed by atoms with Gasteiger partial charge in [0.15, 0.2) is 0 Å². The summed E-state index contributed by atoms with van der Waals surface area (Å²) in [6.45, 7) is 3.73. The second kappa shape index (κ2) is 8.99. The number of aryl methyl sites for hydroxylation is 1. The third-order valence-corrected chi connectivity index (χ3v) is 5.27. The Morgan fingerprint density at radius 3 is 2.32 bits per heavy atom. The van der Waals surface area contributed by atoms with Gasteiger partial charge in [-0.15, -0.1) is 0 Å². The van der Waals surface area contributed by atoms with E-state index in [0.29, 0.717) is 45.1 Å². The van der Waals surface area contributed by atoms with Crippen molar-refractivity contribution in [2.24, 2.45) is 0 Å². The first kappa shape index (κ1) is 17.9. The molecule has 2 aliphatic heterocycles. The van der Waals surface area contributed by atoms with Crippen molar-refractivity contribution in [1.29, 1.82) is 0 Å². The second-order valence-electron chi connectivity index (χ2n) is 7.10. The lowest BCUT2D eigenvalue weighted by atomic mass is 10.1. The number of nitrogens with zero attached hydrogens (tertiary/aromatic N) is 2. The molecule has 3 rings (SSSR count). The van der Waals surface area contributed by atoms with Gasteiger partial charge in [0.1, 0.15) is 0 Å². The molecular weight excluding hydrogens is 314 g/mol. The highest BCUT2D eigenvalue weighted by Gasteiger charge is 2.26. The number of amides is 2. The summed E-state index contributed by atoms with van der Waals surface area (Å²) < 4.78 is 0. The molecular formula is C20H29N3O2. The fourth-order valence-electron chi connectivity index (χ4n) is 3.72. The molecule has 1 aromatic rings. The number of hydrogen-bond donors (Lipinski definition) is 1. The lowest BCUT2D eigenvalue weighted by Gasteiger charge is -2.35. The summed E-state index contributed by atoms with van der Waals surface area (Å²) in [7, 11) is 0. The summed E-state index contributed by atoms with van der Waals surface area (Å²) in [4.78, 5) is 28.5.